The predicted octanol–water partition coefficient (Wildman–Crippen LogP) is 3.21. The van der Waals surface area contributed by atoms with Gasteiger partial charge in [0.25, 0.3) is 5.91 Å². The van der Waals surface area contributed by atoms with Crippen molar-refractivity contribution in [2.45, 2.75) is 31.7 Å². The fourth-order valence-electron chi connectivity index (χ4n) is 3.11. The largest absolute Gasteiger partial charge is 0.337 e. The van der Waals surface area contributed by atoms with E-state index >= 15 is 0 Å². The lowest BCUT2D eigenvalue weighted by atomic mass is 10.1. The number of nitrogens with zero attached hydrogens (tertiary/aromatic N) is 2. The topological polar surface area (TPSA) is 23.6 Å². The van der Waals surface area contributed by atoms with E-state index in [2.05, 4.69) is 20.8 Å². The van der Waals surface area contributed by atoms with Crippen molar-refractivity contribution in [2.24, 2.45) is 0 Å². The second-order valence-electron chi connectivity index (χ2n) is 5.43. The van der Waals surface area contributed by atoms with E-state index < -0.39 is 0 Å². The highest BCUT2D eigenvalue weighted by molar-refractivity contribution is 9.11. The molecule has 2 fully saturated rings. The maximum absolute atomic E-state index is 12.4. The van der Waals surface area contributed by atoms with Crippen LogP contribution in [0.3, 0.4) is 0 Å². The molecule has 1 atom stereocenters. The number of amides is 1. The molecule has 1 aromatic heterocycles. The molecule has 0 radical (unpaired) electrons. The quantitative estimate of drug-likeness (QED) is 0.823. The lowest BCUT2D eigenvalue weighted by Crippen LogP contribution is -2.41. The van der Waals surface area contributed by atoms with Crippen LogP contribution < -0.4 is 0 Å². The summed E-state index contributed by atoms with van der Waals surface area (Å²) in [5, 5.41) is 1.95. The van der Waals surface area contributed by atoms with Crippen LogP contribution in [-0.4, -0.2) is 47.9 Å². The van der Waals surface area contributed by atoms with Gasteiger partial charge in [0.05, 0.1) is 9.35 Å². The molecule has 0 N–H and O–H groups in total. The van der Waals surface area contributed by atoms with Gasteiger partial charge in [-0.3, -0.25) is 9.69 Å². The SMILES string of the molecule is O=C(c1csc(Br)c1)N1CCC(N2CCCCC2)C1. The summed E-state index contributed by atoms with van der Waals surface area (Å²) >= 11 is 5.00. The van der Waals surface area contributed by atoms with Crippen LogP contribution in [0.2, 0.25) is 0 Å². The number of rotatable bonds is 2. The molecule has 1 unspecified atom stereocenters. The van der Waals surface area contributed by atoms with E-state index in [1.807, 2.05) is 16.3 Å². The fraction of sp³-hybridized carbons (Fsp3) is 0.643. The number of halogens is 1. The van der Waals surface area contributed by atoms with Gasteiger partial charge in [0.2, 0.25) is 0 Å². The summed E-state index contributed by atoms with van der Waals surface area (Å²) in [6, 6.07) is 2.52. The monoisotopic (exact) mass is 342 g/mol. The number of thiophene rings is 1. The molecule has 0 bridgehead atoms. The molecular weight excluding hydrogens is 324 g/mol. The van der Waals surface area contributed by atoms with Crippen molar-refractivity contribution in [2.75, 3.05) is 26.2 Å². The Labute approximate surface area is 126 Å². The van der Waals surface area contributed by atoms with Crippen molar-refractivity contribution >= 4 is 33.2 Å². The molecule has 1 amide bonds. The Kier molecular flexibility index (Phi) is 4.24. The number of carbonyl (C=O) groups is 1. The van der Waals surface area contributed by atoms with Crippen LogP contribution in [0.1, 0.15) is 36.0 Å². The zero-order valence-corrected chi connectivity index (χ0v) is 13.4. The van der Waals surface area contributed by atoms with E-state index in [9.17, 15) is 4.79 Å². The van der Waals surface area contributed by atoms with Crippen molar-refractivity contribution in [1.29, 1.82) is 0 Å². The first kappa shape index (κ1) is 13.6. The molecule has 0 aliphatic carbocycles. The van der Waals surface area contributed by atoms with Gasteiger partial charge < -0.3 is 4.90 Å². The molecule has 0 saturated carbocycles. The van der Waals surface area contributed by atoms with Crippen LogP contribution in [0, 0.1) is 0 Å². The van der Waals surface area contributed by atoms with E-state index in [1.165, 1.54) is 32.4 Å². The first-order chi connectivity index (χ1) is 9.24. The molecule has 2 aliphatic rings. The third kappa shape index (κ3) is 3.03. The normalized spacial score (nSPS) is 24.9. The van der Waals surface area contributed by atoms with E-state index in [-0.39, 0.29) is 5.91 Å². The average Bonchev–Trinajstić information content (AvgIpc) is 3.08. The Morgan fingerprint density at radius 3 is 2.74 bits per heavy atom. The lowest BCUT2D eigenvalue weighted by molar-refractivity contribution is 0.0772. The molecular formula is C14H19BrN2OS. The second-order valence-corrected chi connectivity index (χ2v) is 7.72. The highest BCUT2D eigenvalue weighted by Crippen LogP contribution is 2.25. The Balaban J connectivity index is 1.60. The maximum Gasteiger partial charge on any atom is 0.254 e. The Morgan fingerprint density at radius 2 is 2.05 bits per heavy atom. The van der Waals surface area contributed by atoms with Gasteiger partial charge in [0, 0.05) is 24.5 Å². The molecule has 104 valence electrons. The van der Waals surface area contributed by atoms with Crippen LogP contribution in [0.5, 0.6) is 0 Å². The van der Waals surface area contributed by atoms with Gasteiger partial charge in [-0.25, -0.2) is 0 Å². The summed E-state index contributed by atoms with van der Waals surface area (Å²) in [5.41, 5.74) is 0.830. The molecule has 1 aromatic rings. The Morgan fingerprint density at radius 1 is 1.26 bits per heavy atom. The summed E-state index contributed by atoms with van der Waals surface area (Å²) in [5.74, 6) is 0.196. The third-order valence-corrected chi connectivity index (χ3v) is 5.68. The minimum absolute atomic E-state index is 0.196. The van der Waals surface area contributed by atoms with Gasteiger partial charge in [-0.2, -0.15) is 0 Å². The van der Waals surface area contributed by atoms with Crippen LogP contribution in [0.4, 0.5) is 0 Å². The minimum Gasteiger partial charge on any atom is -0.337 e. The molecule has 5 heteroatoms. The summed E-state index contributed by atoms with van der Waals surface area (Å²) in [7, 11) is 0. The summed E-state index contributed by atoms with van der Waals surface area (Å²) in [6.07, 6.45) is 5.15. The molecule has 0 aromatic carbocycles. The van der Waals surface area contributed by atoms with Gasteiger partial charge in [0.15, 0.2) is 0 Å². The first-order valence-corrected chi connectivity index (χ1v) is 8.68. The number of hydrogen-bond acceptors (Lipinski definition) is 3. The number of piperidine rings is 1. The number of hydrogen-bond donors (Lipinski definition) is 0. The summed E-state index contributed by atoms with van der Waals surface area (Å²) < 4.78 is 1.03. The van der Waals surface area contributed by atoms with Gasteiger partial charge in [-0.05, 0) is 54.3 Å². The van der Waals surface area contributed by atoms with E-state index in [1.54, 1.807) is 11.3 Å². The smallest absolute Gasteiger partial charge is 0.254 e. The molecule has 2 aliphatic heterocycles. The Hall–Kier alpha value is -0.390. The lowest BCUT2D eigenvalue weighted by Gasteiger charge is -2.32. The number of carbonyl (C=O) groups excluding carboxylic acids is 1. The molecule has 3 nitrogen and oxygen atoms in total. The molecule has 3 rings (SSSR count). The van der Waals surface area contributed by atoms with Crippen molar-refractivity contribution in [1.82, 2.24) is 9.80 Å². The van der Waals surface area contributed by atoms with Crippen molar-refractivity contribution in [3.8, 4) is 0 Å². The van der Waals surface area contributed by atoms with Gasteiger partial charge in [0.1, 0.15) is 0 Å². The number of likely N-dealkylation sites (tertiary alicyclic amines) is 2. The maximum atomic E-state index is 12.4. The molecule has 2 saturated heterocycles. The van der Waals surface area contributed by atoms with E-state index in [0.29, 0.717) is 6.04 Å². The molecule has 0 spiro atoms. The Bertz CT molecular complexity index is 456. The third-order valence-electron chi connectivity index (χ3n) is 4.17. The zero-order chi connectivity index (χ0) is 13.2. The van der Waals surface area contributed by atoms with E-state index in [4.69, 9.17) is 0 Å². The average molecular weight is 343 g/mol. The highest BCUT2D eigenvalue weighted by Gasteiger charge is 2.31. The first-order valence-electron chi connectivity index (χ1n) is 7.01. The standard InChI is InChI=1S/C14H19BrN2OS/c15-13-8-11(10-19-13)14(18)17-7-4-12(9-17)16-5-2-1-3-6-16/h8,10,12H,1-7,9H2. The van der Waals surface area contributed by atoms with Gasteiger partial charge in [-0.1, -0.05) is 6.42 Å². The van der Waals surface area contributed by atoms with Gasteiger partial charge >= 0.3 is 0 Å². The summed E-state index contributed by atoms with van der Waals surface area (Å²) in [6.45, 7) is 4.26. The summed E-state index contributed by atoms with van der Waals surface area (Å²) in [4.78, 5) is 17.0. The van der Waals surface area contributed by atoms with Crippen LogP contribution in [-0.2, 0) is 0 Å². The molecule has 3 heterocycles. The fourth-order valence-corrected chi connectivity index (χ4v) is 4.24. The van der Waals surface area contributed by atoms with Crippen LogP contribution in [0.15, 0.2) is 15.2 Å². The minimum atomic E-state index is 0.196. The zero-order valence-electron chi connectivity index (χ0n) is 11.0. The van der Waals surface area contributed by atoms with Crippen molar-refractivity contribution in [3.63, 3.8) is 0 Å². The van der Waals surface area contributed by atoms with Crippen molar-refractivity contribution < 1.29 is 4.79 Å². The molecule has 19 heavy (non-hydrogen) atoms. The van der Waals surface area contributed by atoms with Crippen molar-refractivity contribution in [3.05, 3.63) is 20.8 Å². The predicted molar refractivity (Wildman–Crippen MR) is 81.8 cm³/mol. The second kappa shape index (κ2) is 5.94. The van der Waals surface area contributed by atoms with Gasteiger partial charge in [-0.15, -0.1) is 11.3 Å². The highest BCUT2D eigenvalue weighted by atomic mass is 79.9. The van der Waals surface area contributed by atoms with E-state index in [0.717, 1.165) is 28.9 Å². The van der Waals surface area contributed by atoms with Crippen LogP contribution >= 0.6 is 27.3 Å². The van der Waals surface area contributed by atoms with Crippen LogP contribution in [0.25, 0.3) is 0 Å².